The third-order valence-corrected chi connectivity index (χ3v) is 5.51. The highest BCUT2D eigenvalue weighted by Crippen LogP contribution is 2.18. The average Bonchev–Trinajstić information content (AvgIpc) is 3.03. The van der Waals surface area contributed by atoms with E-state index in [2.05, 4.69) is 0 Å². The third kappa shape index (κ3) is 5.78. The van der Waals surface area contributed by atoms with Crippen LogP contribution in [0.3, 0.4) is 0 Å². The largest absolute Gasteiger partial charge is 0.480 e. The fraction of sp³-hybridized carbons (Fsp3) is 0.556. The number of carbonyl (C=O) groups is 4. The van der Waals surface area contributed by atoms with Gasteiger partial charge in [-0.25, -0.2) is 0 Å². The number of likely N-dealkylation sites (tertiary alicyclic amines) is 1. The van der Waals surface area contributed by atoms with Gasteiger partial charge in [0.2, 0.25) is 11.8 Å². The molecule has 8 nitrogen and oxygen atoms in total. The van der Waals surface area contributed by atoms with E-state index in [1.165, 1.54) is 28.1 Å². The highest BCUT2D eigenvalue weighted by molar-refractivity contribution is 7.12. The highest BCUT2D eigenvalue weighted by Gasteiger charge is 2.28. The Morgan fingerprint density at radius 2 is 1.96 bits per heavy atom. The smallest absolute Gasteiger partial charge is 0.323 e. The second kappa shape index (κ2) is 9.50. The van der Waals surface area contributed by atoms with E-state index in [-0.39, 0.29) is 36.9 Å². The Morgan fingerprint density at radius 1 is 1.22 bits per heavy atom. The van der Waals surface area contributed by atoms with E-state index in [1.807, 2.05) is 5.38 Å². The lowest BCUT2D eigenvalue weighted by molar-refractivity contribution is -0.145. The molecule has 1 fully saturated rings. The number of thiophene rings is 1. The van der Waals surface area contributed by atoms with E-state index in [0.717, 1.165) is 0 Å². The van der Waals surface area contributed by atoms with E-state index in [1.54, 1.807) is 24.1 Å². The minimum absolute atomic E-state index is 0.00700. The van der Waals surface area contributed by atoms with Crippen molar-refractivity contribution < 1.29 is 24.3 Å². The van der Waals surface area contributed by atoms with Crippen LogP contribution >= 0.6 is 11.3 Å². The average molecular weight is 395 g/mol. The molecule has 0 spiro atoms. The standard InChI is InChI=1S/C18H25N3O5S/c1-13(22)21(12-17(24)25)14-5-3-8-20(9-7-14)16(23)11-19(2)18(26)15-6-4-10-27-15/h4,6,10,14H,3,5,7-9,11-12H2,1-2H3,(H,24,25). The number of hydrogen-bond donors (Lipinski definition) is 1. The van der Waals surface area contributed by atoms with Gasteiger partial charge in [-0.2, -0.15) is 0 Å². The number of carbonyl (C=O) groups excluding carboxylic acids is 3. The first-order valence-electron chi connectivity index (χ1n) is 8.85. The van der Waals surface area contributed by atoms with Crippen LogP contribution in [-0.4, -0.2) is 82.8 Å². The molecular formula is C18H25N3O5S. The van der Waals surface area contributed by atoms with E-state index < -0.39 is 5.97 Å². The molecule has 0 saturated carbocycles. The molecule has 1 unspecified atom stereocenters. The Hall–Kier alpha value is -2.42. The maximum Gasteiger partial charge on any atom is 0.323 e. The van der Waals surface area contributed by atoms with Gasteiger partial charge in [0.05, 0.1) is 11.4 Å². The van der Waals surface area contributed by atoms with Crippen LogP contribution in [0.25, 0.3) is 0 Å². The molecule has 27 heavy (non-hydrogen) atoms. The molecule has 1 atom stereocenters. The predicted octanol–water partition coefficient (Wildman–Crippen LogP) is 1.13. The van der Waals surface area contributed by atoms with E-state index >= 15 is 0 Å². The molecule has 1 saturated heterocycles. The third-order valence-electron chi connectivity index (χ3n) is 4.65. The molecular weight excluding hydrogens is 370 g/mol. The summed E-state index contributed by atoms with van der Waals surface area (Å²) in [6.07, 6.45) is 1.87. The number of hydrogen-bond acceptors (Lipinski definition) is 5. The van der Waals surface area contributed by atoms with Gasteiger partial charge in [0.25, 0.3) is 5.91 Å². The minimum Gasteiger partial charge on any atom is -0.480 e. The molecule has 3 amide bonds. The van der Waals surface area contributed by atoms with Gasteiger partial charge in [0.1, 0.15) is 6.54 Å². The number of aliphatic carboxylic acids is 1. The molecule has 2 rings (SSSR count). The van der Waals surface area contributed by atoms with Crippen LogP contribution in [0.15, 0.2) is 17.5 Å². The van der Waals surface area contributed by atoms with Crippen LogP contribution in [0.5, 0.6) is 0 Å². The first-order chi connectivity index (χ1) is 12.8. The van der Waals surface area contributed by atoms with Gasteiger partial charge in [-0.15, -0.1) is 11.3 Å². The summed E-state index contributed by atoms with van der Waals surface area (Å²) in [5.41, 5.74) is 0. The van der Waals surface area contributed by atoms with Crippen molar-refractivity contribution >= 4 is 35.0 Å². The Bertz CT molecular complexity index is 691. The van der Waals surface area contributed by atoms with Gasteiger partial charge >= 0.3 is 5.97 Å². The summed E-state index contributed by atoms with van der Waals surface area (Å²) in [6.45, 7) is 2.00. The van der Waals surface area contributed by atoms with Gasteiger partial charge in [-0.05, 0) is 30.7 Å². The summed E-state index contributed by atoms with van der Waals surface area (Å²) in [6, 6.07) is 3.32. The minimum atomic E-state index is -1.05. The second-order valence-corrected chi connectivity index (χ2v) is 7.59. The van der Waals surface area contributed by atoms with Crippen molar-refractivity contribution in [1.82, 2.24) is 14.7 Å². The Labute approximate surface area is 162 Å². The topological polar surface area (TPSA) is 98.2 Å². The van der Waals surface area contributed by atoms with Gasteiger partial charge in [-0.1, -0.05) is 6.07 Å². The summed E-state index contributed by atoms with van der Waals surface area (Å²) in [5, 5.41) is 10.8. The van der Waals surface area contributed by atoms with Crippen LogP contribution in [0.2, 0.25) is 0 Å². The summed E-state index contributed by atoms with van der Waals surface area (Å²) >= 11 is 1.33. The molecule has 0 aromatic carbocycles. The lowest BCUT2D eigenvalue weighted by Gasteiger charge is -2.29. The van der Waals surface area contributed by atoms with E-state index in [9.17, 15) is 19.2 Å². The van der Waals surface area contributed by atoms with Gasteiger partial charge in [0.15, 0.2) is 0 Å². The van der Waals surface area contributed by atoms with Gasteiger partial charge in [-0.3, -0.25) is 19.2 Å². The zero-order valence-corrected chi connectivity index (χ0v) is 16.4. The van der Waals surface area contributed by atoms with Crippen molar-refractivity contribution in [3.63, 3.8) is 0 Å². The van der Waals surface area contributed by atoms with Crippen molar-refractivity contribution in [2.24, 2.45) is 0 Å². The first kappa shape index (κ1) is 20.9. The molecule has 0 aliphatic carbocycles. The molecule has 1 aliphatic heterocycles. The van der Waals surface area contributed by atoms with Crippen LogP contribution in [0.4, 0.5) is 0 Å². The molecule has 9 heteroatoms. The predicted molar refractivity (Wildman–Crippen MR) is 101 cm³/mol. The van der Waals surface area contributed by atoms with Crippen molar-refractivity contribution in [1.29, 1.82) is 0 Å². The number of carboxylic acids is 1. The van der Waals surface area contributed by atoms with Crippen molar-refractivity contribution in [2.75, 3.05) is 33.2 Å². The Kier molecular flexibility index (Phi) is 7.35. The van der Waals surface area contributed by atoms with E-state index in [0.29, 0.717) is 37.2 Å². The molecule has 2 heterocycles. The van der Waals surface area contributed by atoms with Gasteiger partial charge in [0, 0.05) is 33.1 Å². The molecule has 0 bridgehead atoms. The Balaban J connectivity index is 1.92. The maximum absolute atomic E-state index is 12.6. The molecule has 1 aromatic heterocycles. The maximum atomic E-state index is 12.6. The highest BCUT2D eigenvalue weighted by atomic mass is 32.1. The monoisotopic (exact) mass is 395 g/mol. The summed E-state index contributed by atoms with van der Waals surface area (Å²) in [4.78, 5) is 52.7. The summed E-state index contributed by atoms with van der Waals surface area (Å²) < 4.78 is 0. The van der Waals surface area contributed by atoms with Crippen LogP contribution in [0, 0.1) is 0 Å². The van der Waals surface area contributed by atoms with Crippen LogP contribution in [0.1, 0.15) is 35.9 Å². The van der Waals surface area contributed by atoms with Crippen LogP contribution in [-0.2, 0) is 14.4 Å². The lowest BCUT2D eigenvalue weighted by atomic mass is 10.1. The molecule has 0 radical (unpaired) electrons. The van der Waals surface area contributed by atoms with E-state index in [4.69, 9.17) is 5.11 Å². The number of amides is 3. The normalized spacial score (nSPS) is 17.1. The zero-order valence-electron chi connectivity index (χ0n) is 15.6. The van der Waals surface area contributed by atoms with Crippen molar-refractivity contribution in [3.8, 4) is 0 Å². The molecule has 1 aliphatic rings. The van der Waals surface area contributed by atoms with Crippen molar-refractivity contribution in [2.45, 2.75) is 32.2 Å². The number of likely N-dealkylation sites (N-methyl/N-ethyl adjacent to an activating group) is 1. The zero-order chi connectivity index (χ0) is 20.0. The summed E-state index contributed by atoms with van der Waals surface area (Å²) in [7, 11) is 1.60. The lowest BCUT2D eigenvalue weighted by Crippen LogP contribution is -2.44. The Morgan fingerprint density at radius 3 is 2.56 bits per heavy atom. The molecule has 1 N–H and O–H groups in total. The molecule has 148 valence electrons. The number of carboxylic acid groups (broad SMARTS) is 1. The first-order valence-corrected chi connectivity index (χ1v) is 9.73. The van der Waals surface area contributed by atoms with Gasteiger partial charge < -0.3 is 19.8 Å². The number of rotatable bonds is 6. The fourth-order valence-corrected chi connectivity index (χ4v) is 3.96. The fourth-order valence-electron chi connectivity index (χ4n) is 3.25. The summed E-state index contributed by atoms with van der Waals surface area (Å²) in [5.74, 6) is -1.65. The SMILES string of the molecule is CC(=O)N(CC(=O)O)C1CCCN(C(=O)CN(C)C(=O)c2cccs2)CC1. The second-order valence-electron chi connectivity index (χ2n) is 6.64. The van der Waals surface area contributed by atoms with Crippen LogP contribution < -0.4 is 0 Å². The van der Waals surface area contributed by atoms with Crippen molar-refractivity contribution in [3.05, 3.63) is 22.4 Å². The quantitative estimate of drug-likeness (QED) is 0.779. The number of nitrogens with zero attached hydrogens (tertiary/aromatic N) is 3. The molecule has 1 aromatic rings.